The molecule has 364 valence electrons. The molecule has 4 heterocycles. The maximum absolute atomic E-state index is 13.7. The van der Waals surface area contributed by atoms with Gasteiger partial charge in [-0.2, -0.15) is 34.2 Å². The number of amides is 1. The highest BCUT2D eigenvalue weighted by atomic mass is 35.5. The van der Waals surface area contributed by atoms with Crippen molar-refractivity contribution in [2.75, 3.05) is 70.9 Å². The number of anilines is 2. The van der Waals surface area contributed by atoms with Gasteiger partial charge in [-0.15, -0.1) is 0 Å². The molecule has 2 saturated heterocycles. The van der Waals surface area contributed by atoms with E-state index in [1.807, 2.05) is 0 Å². The summed E-state index contributed by atoms with van der Waals surface area (Å²) in [6, 6.07) is 12.3. The second kappa shape index (κ2) is 22.0. The summed E-state index contributed by atoms with van der Waals surface area (Å²) in [7, 11) is -15.2. The quantitative estimate of drug-likeness (QED) is 0.121. The van der Waals surface area contributed by atoms with Crippen LogP contribution in [0.3, 0.4) is 0 Å². The number of ketones is 2. The van der Waals surface area contributed by atoms with Gasteiger partial charge < -0.3 is 11.1 Å². The lowest BCUT2D eigenvalue weighted by Crippen LogP contribution is -2.50. The van der Waals surface area contributed by atoms with Gasteiger partial charge in [-0.25, -0.2) is 25.6 Å². The van der Waals surface area contributed by atoms with Gasteiger partial charge in [0.25, 0.3) is 5.91 Å². The summed E-state index contributed by atoms with van der Waals surface area (Å²) in [5.74, 6) is -5.41. The number of halogens is 6. The van der Waals surface area contributed by atoms with Crippen LogP contribution >= 0.6 is 23.2 Å². The molecular weight excluding hydrogens is 1020 g/mol. The van der Waals surface area contributed by atoms with Crippen molar-refractivity contribution in [1.82, 2.24) is 23.9 Å². The molecule has 67 heavy (non-hydrogen) atoms. The van der Waals surface area contributed by atoms with E-state index in [2.05, 4.69) is 9.97 Å². The monoisotopic (exact) mass is 1060 g/mol. The van der Waals surface area contributed by atoms with Gasteiger partial charge in [0, 0.05) is 49.7 Å². The molecular formula is C38H40Cl2F4N8O11S4. The number of carbonyl (C=O) groups is 3. The molecule has 6 rings (SSSR count). The first-order chi connectivity index (χ1) is 31.3. The van der Waals surface area contributed by atoms with Crippen molar-refractivity contribution in [3.8, 4) is 0 Å². The van der Waals surface area contributed by atoms with Crippen molar-refractivity contribution >= 4 is 92.1 Å². The first-order valence-corrected chi connectivity index (χ1v) is 26.6. The Morgan fingerprint density at radius 3 is 1.39 bits per heavy atom. The van der Waals surface area contributed by atoms with Crippen LogP contribution in [0, 0.1) is 11.6 Å². The molecule has 2 aromatic heterocycles. The van der Waals surface area contributed by atoms with E-state index < -0.39 is 76.4 Å². The first-order valence-electron chi connectivity index (χ1n) is 19.4. The highest BCUT2D eigenvalue weighted by molar-refractivity contribution is 7.93. The van der Waals surface area contributed by atoms with E-state index in [1.54, 1.807) is 5.32 Å². The van der Waals surface area contributed by atoms with E-state index in [0.29, 0.717) is 5.69 Å². The Morgan fingerprint density at radius 1 is 0.672 bits per heavy atom. The fourth-order valence-corrected chi connectivity index (χ4v) is 12.6. The summed E-state index contributed by atoms with van der Waals surface area (Å²) >= 11 is 11.7. The molecule has 0 unspecified atom stereocenters. The second-order valence-corrected chi connectivity index (χ2v) is 23.6. The molecule has 4 aromatic rings. The predicted molar refractivity (Wildman–Crippen MR) is 239 cm³/mol. The summed E-state index contributed by atoms with van der Waals surface area (Å²) in [5, 5.41) is 1.17. The molecule has 0 aliphatic carbocycles. The van der Waals surface area contributed by atoms with E-state index in [1.165, 1.54) is 48.7 Å². The number of hydrogen-bond acceptors (Lipinski definition) is 14. The Bertz CT molecular complexity index is 2920. The van der Waals surface area contributed by atoms with Crippen LogP contribution < -0.4 is 19.7 Å². The maximum atomic E-state index is 13.7. The molecule has 0 atom stereocenters. The molecule has 0 bridgehead atoms. The average molecular weight is 1060 g/mol. The van der Waals surface area contributed by atoms with Crippen LogP contribution in [0.25, 0.3) is 0 Å². The van der Waals surface area contributed by atoms with Gasteiger partial charge in [0.05, 0.1) is 82.0 Å². The normalized spacial score (nSPS) is 16.4. The second-order valence-electron chi connectivity index (χ2n) is 14.5. The number of aromatic nitrogens is 2. The van der Waals surface area contributed by atoms with Gasteiger partial charge >= 0.3 is 26.8 Å². The molecule has 0 spiro atoms. The molecule has 2 aliphatic rings. The Kier molecular flexibility index (Phi) is 17.5. The third-order valence-electron chi connectivity index (χ3n) is 9.91. The molecule has 0 saturated carbocycles. The van der Waals surface area contributed by atoms with Crippen LogP contribution in [0.2, 0.25) is 10.0 Å². The number of alkyl halides is 2. The largest absolute Gasteiger partial charge is 0.344 e. The molecule has 2 aliphatic heterocycles. The minimum absolute atomic E-state index is 0.00788. The topological polar surface area (TPSA) is 265 Å². The lowest BCUT2D eigenvalue weighted by Gasteiger charge is -2.33. The van der Waals surface area contributed by atoms with Crippen LogP contribution in [0.1, 0.15) is 32.1 Å². The fourth-order valence-electron chi connectivity index (χ4n) is 6.15. The Hall–Kier alpha value is -4.87. The highest BCUT2D eigenvalue weighted by Gasteiger charge is 2.37. The van der Waals surface area contributed by atoms with E-state index in [0.717, 1.165) is 41.6 Å². The summed E-state index contributed by atoms with van der Waals surface area (Å²) in [6.07, 6.45) is -0.895. The van der Waals surface area contributed by atoms with Gasteiger partial charge in [0.1, 0.15) is 11.6 Å². The van der Waals surface area contributed by atoms with Crippen molar-refractivity contribution in [3.05, 3.63) is 117 Å². The number of pyridine rings is 2. The maximum Gasteiger partial charge on any atom is 0.315 e. The summed E-state index contributed by atoms with van der Waals surface area (Å²) in [4.78, 5) is 42.9. The Morgan fingerprint density at radius 2 is 1.06 bits per heavy atom. The molecule has 1 amide bonds. The smallest absolute Gasteiger partial charge is 0.315 e. The fraction of sp³-hybridized carbons (Fsp3) is 0.342. The number of sulfone groups is 2. The molecule has 0 radical (unpaired) electrons. The zero-order valence-corrected chi connectivity index (χ0v) is 39.4. The molecule has 2 fully saturated rings. The third kappa shape index (κ3) is 13.9. The van der Waals surface area contributed by atoms with Crippen LogP contribution in [0.5, 0.6) is 0 Å². The van der Waals surface area contributed by atoms with E-state index in [9.17, 15) is 65.6 Å². The van der Waals surface area contributed by atoms with Crippen molar-refractivity contribution in [2.24, 2.45) is 5.73 Å². The number of rotatable bonds is 16. The van der Waals surface area contributed by atoms with E-state index >= 15 is 0 Å². The van der Waals surface area contributed by atoms with Gasteiger partial charge in [0.2, 0.25) is 0 Å². The summed E-state index contributed by atoms with van der Waals surface area (Å²) < 4.78 is 156. The minimum Gasteiger partial charge on any atom is -0.344 e. The number of hydrogen-bond donors (Lipinski definition) is 2. The number of nitrogens with zero attached hydrogens (tertiary/aromatic N) is 6. The molecule has 3 N–H and O–H groups in total. The number of benzene rings is 2. The number of nitrogens with two attached hydrogens (primary N) is 1. The van der Waals surface area contributed by atoms with Crippen LogP contribution in [0.4, 0.5) is 28.9 Å². The number of Topliss-reactive ketones (excluding diaryl/α,β-unsaturated/α-hetero) is 2. The average Bonchev–Trinajstić information content (AvgIpc) is 3.28. The van der Waals surface area contributed by atoms with E-state index in [4.69, 9.17) is 28.9 Å². The van der Waals surface area contributed by atoms with Crippen molar-refractivity contribution in [3.63, 3.8) is 0 Å². The van der Waals surface area contributed by atoms with E-state index in [-0.39, 0.29) is 113 Å². The minimum atomic E-state index is -4.31. The first kappa shape index (κ1) is 53.1. The summed E-state index contributed by atoms with van der Waals surface area (Å²) in [5.41, 5.74) is 6.13. The molecule has 29 heteroatoms. The predicted octanol–water partition coefficient (Wildman–Crippen LogP) is 2.42. The number of carbonyl (C=O) groups excluding carboxylic acids is 3. The van der Waals surface area contributed by atoms with Crippen molar-refractivity contribution < 1.29 is 65.6 Å². The lowest BCUT2D eigenvalue weighted by atomic mass is 10.1. The van der Waals surface area contributed by atoms with Crippen molar-refractivity contribution in [1.29, 1.82) is 0 Å². The van der Waals surface area contributed by atoms with Crippen molar-refractivity contribution in [2.45, 2.75) is 19.5 Å². The number of nitrogens with one attached hydrogen (secondary N) is 1. The Labute approximate surface area is 393 Å². The lowest BCUT2D eigenvalue weighted by molar-refractivity contribution is -0.131. The summed E-state index contributed by atoms with van der Waals surface area (Å²) in [6.45, 7) is -2.46. The highest BCUT2D eigenvalue weighted by Crippen LogP contribution is 2.30. The standard InChI is InChI=1S/C20H20ClF3N4O6S2.C18H20ClFN4O5S2/c21-16-9-15(3-4-17(16)22)28(36(33,34)27-5-7-35(31,32)8-6-27)12-14-2-1-13(10-25-14)18(29)11-26-20(30)19(23)24;19-16-9-15(3-4-17(16)20)24(12-14-2-1-13(11-22-14)18(25)10-21)31(28,29)23-5-7-30(26,27)8-6-23/h1-4,9-10,19H,5-8,11-12H2,(H,26,30);1-4,9,11H,5-8,10,12,21H2. The van der Waals surface area contributed by atoms with Gasteiger partial charge in [-0.1, -0.05) is 23.2 Å². The Balaban J connectivity index is 0.000000254. The van der Waals surface area contributed by atoms with Crippen LogP contribution in [-0.4, -0.2) is 138 Å². The third-order valence-corrected chi connectivity index (χ3v) is 17.5. The van der Waals surface area contributed by atoms with Crippen LogP contribution in [0.15, 0.2) is 73.1 Å². The van der Waals surface area contributed by atoms with Crippen LogP contribution in [-0.2, 0) is 58.0 Å². The zero-order chi connectivity index (χ0) is 49.5. The molecule has 2 aromatic carbocycles. The van der Waals surface area contributed by atoms with Gasteiger partial charge in [-0.05, 0) is 60.7 Å². The molecule has 19 nitrogen and oxygen atoms in total. The van der Waals surface area contributed by atoms with Gasteiger partial charge in [-0.3, -0.25) is 33.0 Å². The van der Waals surface area contributed by atoms with Gasteiger partial charge in [0.15, 0.2) is 31.2 Å². The zero-order valence-electron chi connectivity index (χ0n) is 34.6. The SMILES string of the molecule is NCC(=O)c1ccc(CN(c2ccc(F)c(Cl)c2)S(=O)(=O)N2CCS(=O)(=O)CC2)nc1.O=C(CNC(=O)C(F)F)c1ccc(CN(c2ccc(F)c(Cl)c2)S(=O)(=O)N2CCS(=O)(=O)CC2)nc1.